The quantitative estimate of drug-likeness (QED) is 0.553. The summed E-state index contributed by atoms with van der Waals surface area (Å²) < 4.78 is 5.30. The Kier molecular flexibility index (Phi) is 5.19. The molecule has 0 heterocycles. The summed E-state index contributed by atoms with van der Waals surface area (Å²) in [6.45, 7) is 3.72. The molecule has 19 heavy (non-hydrogen) atoms. The summed E-state index contributed by atoms with van der Waals surface area (Å²) in [5, 5.41) is 21.4. The number of hydrogen-bond acceptors (Lipinski definition) is 6. The predicted molar refractivity (Wildman–Crippen MR) is 68.4 cm³/mol. The number of benzene rings is 1. The third kappa shape index (κ3) is 4.18. The minimum absolute atomic E-state index is 0.0418. The first-order valence-corrected chi connectivity index (χ1v) is 5.70. The van der Waals surface area contributed by atoms with Gasteiger partial charge in [0.05, 0.1) is 15.9 Å². The van der Waals surface area contributed by atoms with Crippen LogP contribution in [0.15, 0.2) is 18.2 Å². The van der Waals surface area contributed by atoms with Gasteiger partial charge in [0.25, 0.3) is 5.69 Å². The molecule has 1 aromatic rings. The molecular formula is C11H15N3O5. The van der Waals surface area contributed by atoms with E-state index in [0.717, 1.165) is 12.6 Å². The van der Waals surface area contributed by atoms with Crippen LogP contribution in [0.3, 0.4) is 0 Å². The molecule has 0 N–H and O–H groups in total. The minimum Gasteiger partial charge on any atom is -0.485 e. The number of nitro groups is 2. The zero-order valence-corrected chi connectivity index (χ0v) is 10.7. The van der Waals surface area contributed by atoms with Crippen molar-refractivity contribution in [2.75, 3.05) is 26.7 Å². The van der Waals surface area contributed by atoms with Crippen molar-refractivity contribution < 1.29 is 14.6 Å². The third-order valence-electron chi connectivity index (χ3n) is 2.62. The first kappa shape index (κ1) is 14.8. The summed E-state index contributed by atoms with van der Waals surface area (Å²) >= 11 is 0. The highest BCUT2D eigenvalue weighted by Gasteiger charge is 2.20. The Morgan fingerprint density at radius 2 is 1.95 bits per heavy atom. The highest BCUT2D eigenvalue weighted by atomic mass is 16.6. The number of nitrogens with zero attached hydrogens (tertiary/aromatic N) is 3. The maximum absolute atomic E-state index is 10.8. The average Bonchev–Trinajstić information content (AvgIpc) is 2.38. The lowest BCUT2D eigenvalue weighted by Crippen LogP contribution is -2.23. The number of ether oxygens (including phenoxy) is 1. The van der Waals surface area contributed by atoms with E-state index in [2.05, 4.69) is 0 Å². The van der Waals surface area contributed by atoms with E-state index >= 15 is 0 Å². The van der Waals surface area contributed by atoms with Crippen LogP contribution in [0.4, 0.5) is 11.4 Å². The van der Waals surface area contributed by atoms with E-state index < -0.39 is 15.5 Å². The van der Waals surface area contributed by atoms with Gasteiger partial charge in [-0.3, -0.25) is 20.2 Å². The Bertz CT molecular complexity index is 477. The maximum atomic E-state index is 10.8. The van der Waals surface area contributed by atoms with Gasteiger partial charge < -0.3 is 9.64 Å². The van der Waals surface area contributed by atoms with Crippen molar-refractivity contribution in [3.8, 4) is 5.75 Å². The lowest BCUT2D eigenvalue weighted by atomic mass is 10.2. The lowest BCUT2D eigenvalue weighted by molar-refractivity contribution is -0.394. The molecule has 0 spiro atoms. The van der Waals surface area contributed by atoms with Crippen molar-refractivity contribution in [2.45, 2.75) is 6.92 Å². The van der Waals surface area contributed by atoms with Gasteiger partial charge in [0.15, 0.2) is 5.75 Å². The largest absolute Gasteiger partial charge is 0.485 e. The van der Waals surface area contributed by atoms with Crippen LogP contribution >= 0.6 is 0 Å². The van der Waals surface area contributed by atoms with Gasteiger partial charge in [-0.1, -0.05) is 6.92 Å². The third-order valence-corrected chi connectivity index (χ3v) is 2.62. The molecule has 0 aliphatic heterocycles. The summed E-state index contributed by atoms with van der Waals surface area (Å²) in [7, 11) is 1.90. The SMILES string of the molecule is CCN(C)CCOc1ccc([N+](=O)[O-])cc1[N+](=O)[O-]. The molecule has 8 heteroatoms. The van der Waals surface area contributed by atoms with Gasteiger partial charge in [0, 0.05) is 12.6 Å². The Morgan fingerprint density at radius 3 is 2.47 bits per heavy atom. The minimum atomic E-state index is -0.689. The van der Waals surface area contributed by atoms with Gasteiger partial charge in [0.1, 0.15) is 6.61 Å². The number of rotatable bonds is 7. The van der Waals surface area contributed by atoms with E-state index in [9.17, 15) is 20.2 Å². The fraction of sp³-hybridized carbons (Fsp3) is 0.455. The van der Waals surface area contributed by atoms with E-state index in [1.807, 2.05) is 18.9 Å². The molecule has 0 amide bonds. The molecular weight excluding hydrogens is 254 g/mol. The van der Waals surface area contributed by atoms with Crippen LogP contribution in [0.25, 0.3) is 0 Å². The molecule has 0 radical (unpaired) electrons. The Labute approximate surface area is 109 Å². The van der Waals surface area contributed by atoms with E-state index in [-0.39, 0.29) is 18.0 Å². The van der Waals surface area contributed by atoms with Gasteiger partial charge in [-0.25, -0.2) is 0 Å². The topological polar surface area (TPSA) is 98.8 Å². The Hall–Kier alpha value is -2.22. The molecule has 1 aromatic carbocycles. The molecule has 0 aromatic heterocycles. The molecule has 0 aliphatic carbocycles. The van der Waals surface area contributed by atoms with E-state index in [0.29, 0.717) is 6.54 Å². The number of hydrogen-bond donors (Lipinski definition) is 0. The van der Waals surface area contributed by atoms with E-state index in [1.54, 1.807) is 0 Å². The van der Waals surface area contributed by atoms with Crippen LogP contribution in [0.2, 0.25) is 0 Å². The van der Waals surface area contributed by atoms with Crippen LogP contribution in [0.1, 0.15) is 6.92 Å². The van der Waals surface area contributed by atoms with Crippen molar-refractivity contribution in [3.05, 3.63) is 38.4 Å². The molecule has 0 bridgehead atoms. The maximum Gasteiger partial charge on any atom is 0.317 e. The Balaban J connectivity index is 2.82. The van der Waals surface area contributed by atoms with Gasteiger partial charge >= 0.3 is 5.69 Å². The first-order chi connectivity index (χ1) is 8.95. The number of non-ortho nitro benzene ring substituents is 1. The van der Waals surface area contributed by atoms with Crippen LogP contribution in [0, 0.1) is 20.2 Å². The normalized spacial score (nSPS) is 10.5. The highest BCUT2D eigenvalue weighted by molar-refractivity contribution is 5.53. The fourth-order valence-electron chi connectivity index (χ4n) is 1.35. The highest BCUT2D eigenvalue weighted by Crippen LogP contribution is 2.30. The van der Waals surface area contributed by atoms with E-state index in [4.69, 9.17) is 4.74 Å². The van der Waals surface area contributed by atoms with Gasteiger partial charge in [-0.2, -0.15) is 0 Å². The Morgan fingerprint density at radius 1 is 1.26 bits per heavy atom. The first-order valence-electron chi connectivity index (χ1n) is 5.70. The summed E-state index contributed by atoms with van der Waals surface area (Å²) in [6.07, 6.45) is 0. The molecule has 0 saturated heterocycles. The second kappa shape index (κ2) is 6.64. The molecule has 8 nitrogen and oxygen atoms in total. The molecule has 0 unspecified atom stereocenters. The summed E-state index contributed by atoms with van der Waals surface area (Å²) in [4.78, 5) is 22.0. The molecule has 1 rings (SSSR count). The standard InChI is InChI=1S/C11H15N3O5/c1-3-12(2)6-7-19-11-5-4-9(13(15)16)8-10(11)14(17)18/h4-5,8H,3,6-7H2,1-2H3. The van der Waals surface area contributed by atoms with Gasteiger partial charge in [0.2, 0.25) is 0 Å². The second-order valence-electron chi connectivity index (χ2n) is 3.91. The van der Waals surface area contributed by atoms with Crippen LogP contribution < -0.4 is 4.74 Å². The average molecular weight is 269 g/mol. The van der Waals surface area contributed by atoms with Crippen LogP contribution in [-0.2, 0) is 0 Å². The zero-order chi connectivity index (χ0) is 14.4. The summed E-state index contributed by atoms with van der Waals surface area (Å²) in [5.74, 6) is 0.0418. The molecule has 0 atom stereocenters. The van der Waals surface area contributed by atoms with Crippen molar-refractivity contribution in [2.24, 2.45) is 0 Å². The second-order valence-corrected chi connectivity index (χ2v) is 3.91. The smallest absolute Gasteiger partial charge is 0.317 e. The molecule has 104 valence electrons. The summed E-state index contributed by atoms with van der Waals surface area (Å²) in [6, 6.07) is 3.34. The predicted octanol–water partition coefficient (Wildman–Crippen LogP) is 1.83. The van der Waals surface area contributed by atoms with Crippen LogP contribution in [0.5, 0.6) is 5.75 Å². The van der Waals surface area contributed by atoms with Gasteiger partial charge in [-0.05, 0) is 19.7 Å². The van der Waals surface area contributed by atoms with Crippen molar-refractivity contribution in [1.29, 1.82) is 0 Å². The van der Waals surface area contributed by atoms with E-state index in [1.165, 1.54) is 12.1 Å². The molecule has 0 aliphatic rings. The monoisotopic (exact) mass is 269 g/mol. The molecule has 0 fully saturated rings. The lowest BCUT2D eigenvalue weighted by Gasteiger charge is -2.14. The number of likely N-dealkylation sites (N-methyl/N-ethyl adjacent to an activating group) is 1. The van der Waals surface area contributed by atoms with Gasteiger partial charge in [-0.15, -0.1) is 0 Å². The number of nitro benzene ring substituents is 2. The van der Waals surface area contributed by atoms with Crippen LogP contribution in [-0.4, -0.2) is 41.5 Å². The molecule has 0 saturated carbocycles. The fourth-order valence-corrected chi connectivity index (χ4v) is 1.35. The van der Waals surface area contributed by atoms with Crippen molar-refractivity contribution in [3.63, 3.8) is 0 Å². The van der Waals surface area contributed by atoms with Crippen molar-refractivity contribution in [1.82, 2.24) is 4.90 Å². The van der Waals surface area contributed by atoms with Crippen molar-refractivity contribution >= 4 is 11.4 Å². The summed E-state index contributed by atoms with van der Waals surface area (Å²) in [5.41, 5.74) is -0.724. The zero-order valence-electron chi connectivity index (χ0n) is 10.7.